The number of rotatable bonds is 3. The van der Waals surface area contributed by atoms with E-state index in [1.54, 1.807) is 16.6 Å². The molecular weight excluding hydrogens is 359 g/mol. The molecule has 0 radical (unpaired) electrons. The van der Waals surface area contributed by atoms with Gasteiger partial charge in [-0.05, 0) is 55.8 Å². The second-order valence-corrected chi connectivity index (χ2v) is 7.66. The summed E-state index contributed by atoms with van der Waals surface area (Å²) in [6, 6.07) is 14.0. The summed E-state index contributed by atoms with van der Waals surface area (Å²) in [4.78, 5) is 0.705. The molecule has 0 fully saturated rings. The van der Waals surface area contributed by atoms with Crippen LogP contribution in [0.2, 0.25) is 5.02 Å². The van der Waals surface area contributed by atoms with E-state index in [4.69, 9.17) is 11.6 Å². The van der Waals surface area contributed by atoms with Crippen LogP contribution in [0.15, 0.2) is 48.5 Å². The molecule has 0 saturated carbocycles. The van der Waals surface area contributed by atoms with Gasteiger partial charge in [-0.15, -0.1) is 10.2 Å². The minimum absolute atomic E-state index is 0.267. The van der Waals surface area contributed by atoms with Crippen LogP contribution in [-0.2, 0) is 5.41 Å². The normalized spacial score (nSPS) is 12.0. The zero-order valence-electron chi connectivity index (χ0n) is 13.6. The Kier molecular flexibility index (Phi) is 3.81. The molecule has 0 aliphatic rings. The van der Waals surface area contributed by atoms with E-state index in [0.29, 0.717) is 9.98 Å². The first-order valence-electron chi connectivity index (χ1n) is 7.70. The molecule has 0 atom stereocenters. The van der Waals surface area contributed by atoms with Gasteiger partial charge in [-0.2, -0.15) is 9.61 Å². The summed E-state index contributed by atoms with van der Waals surface area (Å²) in [5, 5.41) is 14.7. The van der Waals surface area contributed by atoms with Crippen LogP contribution in [0.5, 0.6) is 0 Å². The Labute approximate surface area is 152 Å². The lowest BCUT2D eigenvalue weighted by atomic mass is 9.84. The molecule has 2 aromatic heterocycles. The Bertz CT molecular complexity index is 1040. The van der Waals surface area contributed by atoms with E-state index in [-0.39, 0.29) is 5.82 Å². The van der Waals surface area contributed by atoms with Gasteiger partial charge in [0.05, 0.1) is 5.41 Å². The molecule has 0 saturated heterocycles. The number of halogens is 2. The third-order valence-corrected chi connectivity index (χ3v) is 5.41. The Morgan fingerprint density at radius 1 is 1.00 bits per heavy atom. The van der Waals surface area contributed by atoms with Crippen LogP contribution in [0.3, 0.4) is 0 Å². The predicted octanol–water partition coefficient (Wildman–Crippen LogP) is 4.97. The second-order valence-electron chi connectivity index (χ2n) is 6.26. The van der Waals surface area contributed by atoms with Gasteiger partial charge in [0, 0.05) is 10.6 Å². The van der Waals surface area contributed by atoms with Crippen LogP contribution >= 0.6 is 22.9 Å². The van der Waals surface area contributed by atoms with E-state index in [2.05, 4.69) is 29.1 Å². The van der Waals surface area contributed by atoms with Gasteiger partial charge in [-0.3, -0.25) is 0 Å². The third kappa shape index (κ3) is 2.81. The van der Waals surface area contributed by atoms with Crippen LogP contribution in [0.4, 0.5) is 4.39 Å². The molecule has 126 valence electrons. The summed E-state index contributed by atoms with van der Waals surface area (Å²) in [5.41, 5.74) is 1.53. The largest absolute Gasteiger partial charge is 0.235 e. The molecule has 0 amide bonds. The zero-order valence-corrected chi connectivity index (χ0v) is 15.1. The van der Waals surface area contributed by atoms with E-state index in [0.717, 1.165) is 22.0 Å². The summed E-state index contributed by atoms with van der Waals surface area (Å²) in [6.45, 7) is 4.15. The third-order valence-electron chi connectivity index (χ3n) is 4.21. The highest BCUT2D eigenvalue weighted by atomic mass is 35.5. The minimum Gasteiger partial charge on any atom is -0.207 e. The Morgan fingerprint density at radius 3 is 2.36 bits per heavy atom. The molecule has 0 aliphatic heterocycles. The summed E-state index contributed by atoms with van der Waals surface area (Å²) < 4.78 is 14.9. The van der Waals surface area contributed by atoms with Crippen molar-refractivity contribution in [2.24, 2.45) is 0 Å². The SMILES string of the molecule is CC(C)(c1ccc(Cl)cc1)c1nnc2sc(-c3ccc(F)cc3)nn12. The summed E-state index contributed by atoms with van der Waals surface area (Å²) in [7, 11) is 0. The minimum atomic E-state index is -0.391. The van der Waals surface area contributed by atoms with Crippen molar-refractivity contribution < 1.29 is 4.39 Å². The number of nitrogens with zero attached hydrogens (tertiary/aromatic N) is 4. The Hall–Kier alpha value is -2.31. The number of hydrogen-bond donors (Lipinski definition) is 0. The van der Waals surface area contributed by atoms with E-state index >= 15 is 0 Å². The number of hydrogen-bond acceptors (Lipinski definition) is 4. The van der Waals surface area contributed by atoms with E-state index in [9.17, 15) is 4.39 Å². The highest BCUT2D eigenvalue weighted by Crippen LogP contribution is 2.33. The van der Waals surface area contributed by atoms with Crippen molar-refractivity contribution >= 4 is 27.9 Å². The summed E-state index contributed by atoms with van der Waals surface area (Å²) in [5.74, 6) is 0.478. The molecular formula is C18H14ClFN4S. The van der Waals surface area contributed by atoms with Gasteiger partial charge in [-0.1, -0.05) is 35.1 Å². The highest BCUT2D eigenvalue weighted by molar-refractivity contribution is 7.19. The summed E-state index contributed by atoms with van der Waals surface area (Å²) >= 11 is 7.42. The smallest absolute Gasteiger partial charge is 0.207 e. The molecule has 0 N–H and O–H groups in total. The highest BCUT2D eigenvalue weighted by Gasteiger charge is 2.30. The molecule has 4 rings (SSSR count). The molecule has 2 heterocycles. The lowest BCUT2D eigenvalue weighted by molar-refractivity contribution is 0.569. The van der Waals surface area contributed by atoms with Crippen molar-refractivity contribution in [3.63, 3.8) is 0 Å². The topological polar surface area (TPSA) is 43.1 Å². The van der Waals surface area contributed by atoms with Crippen molar-refractivity contribution in [3.05, 3.63) is 70.8 Å². The molecule has 25 heavy (non-hydrogen) atoms. The van der Waals surface area contributed by atoms with Crippen molar-refractivity contribution in [2.75, 3.05) is 0 Å². The van der Waals surface area contributed by atoms with Crippen LogP contribution < -0.4 is 0 Å². The van der Waals surface area contributed by atoms with Gasteiger partial charge in [0.2, 0.25) is 4.96 Å². The molecule has 0 bridgehead atoms. The van der Waals surface area contributed by atoms with Crippen LogP contribution in [0.1, 0.15) is 25.2 Å². The molecule has 2 aromatic carbocycles. The van der Waals surface area contributed by atoms with Gasteiger partial charge in [0.1, 0.15) is 10.8 Å². The zero-order chi connectivity index (χ0) is 17.6. The van der Waals surface area contributed by atoms with Crippen molar-refractivity contribution in [3.8, 4) is 10.6 Å². The first-order valence-corrected chi connectivity index (χ1v) is 8.89. The Morgan fingerprint density at radius 2 is 1.68 bits per heavy atom. The van der Waals surface area contributed by atoms with Crippen LogP contribution in [0.25, 0.3) is 15.5 Å². The lowest BCUT2D eigenvalue weighted by Gasteiger charge is -2.22. The standard InChI is InChI=1S/C18H14ClFN4S/c1-18(2,12-5-7-13(19)8-6-12)16-21-22-17-24(16)23-15(25-17)11-3-9-14(20)10-4-11/h3-10H,1-2H3. The van der Waals surface area contributed by atoms with Gasteiger partial charge < -0.3 is 0 Å². The maximum atomic E-state index is 13.1. The van der Waals surface area contributed by atoms with Crippen LogP contribution in [-0.4, -0.2) is 19.8 Å². The molecule has 0 spiro atoms. The maximum Gasteiger partial charge on any atom is 0.235 e. The second kappa shape index (κ2) is 5.89. The van der Waals surface area contributed by atoms with E-state index < -0.39 is 5.41 Å². The van der Waals surface area contributed by atoms with Gasteiger partial charge in [-0.25, -0.2) is 4.39 Å². The molecule has 7 heteroatoms. The average molecular weight is 373 g/mol. The Balaban J connectivity index is 1.80. The quantitative estimate of drug-likeness (QED) is 0.510. The van der Waals surface area contributed by atoms with Crippen molar-refractivity contribution in [1.82, 2.24) is 19.8 Å². The lowest BCUT2D eigenvalue weighted by Crippen LogP contribution is -2.22. The van der Waals surface area contributed by atoms with E-state index in [1.807, 2.05) is 24.3 Å². The monoisotopic (exact) mass is 372 g/mol. The van der Waals surface area contributed by atoms with Gasteiger partial charge in [0.15, 0.2) is 5.82 Å². The first-order chi connectivity index (χ1) is 11.9. The number of benzene rings is 2. The fourth-order valence-corrected chi connectivity index (χ4v) is 3.68. The molecule has 0 unspecified atom stereocenters. The predicted molar refractivity (Wildman–Crippen MR) is 97.6 cm³/mol. The number of aromatic nitrogens is 4. The van der Waals surface area contributed by atoms with Crippen molar-refractivity contribution in [1.29, 1.82) is 0 Å². The maximum absolute atomic E-state index is 13.1. The van der Waals surface area contributed by atoms with Crippen molar-refractivity contribution in [2.45, 2.75) is 19.3 Å². The van der Waals surface area contributed by atoms with Crippen LogP contribution in [0, 0.1) is 5.82 Å². The molecule has 0 aliphatic carbocycles. The molecule has 4 aromatic rings. The fraction of sp³-hybridized carbons (Fsp3) is 0.167. The first kappa shape index (κ1) is 16.2. The summed E-state index contributed by atoms with van der Waals surface area (Å²) in [6.07, 6.45) is 0. The molecule has 4 nitrogen and oxygen atoms in total. The average Bonchev–Trinajstić information content (AvgIpc) is 3.16. The van der Waals surface area contributed by atoms with Gasteiger partial charge >= 0.3 is 0 Å². The van der Waals surface area contributed by atoms with Gasteiger partial charge in [0.25, 0.3) is 0 Å². The van der Waals surface area contributed by atoms with E-state index in [1.165, 1.54) is 23.5 Å². The number of fused-ring (bicyclic) bond motifs is 1. The fourth-order valence-electron chi connectivity index (χ4n) is 2.71.